The molecule has 0 spiro atoms. The Hall–Kier alpha value is -4.65. The molecule has 34 heavy (non-hydrogen) atoms. The molecule has 1 amide bonds. The summed E-state index contributed by atoms with van der Waals surface area (Å²) in [5, 5.41) is 15.3. The third-order valence-electron chi connectivity index (χ3n) is 5.23. The number of hydrogen-bond acceptors (Lipinski definition) is 8. The van der Waals surface area contributed by atoms with E-state index in [9.17, 15) is 9.18 Å². The van der Waals surface area contributed by atoms with Gasteiger partial charge in [0.25, 0.3) is 5.91 Å². The van der Waals surface area contributed by atoms with Crippen molar-refractivity contribution in [1.82, 2.24) is 25.3 Å². The first-order valence-corrected chi connectivity index (χ1v) is 10.3. The van der Waals surface area contributed by atoms with Crippen molar-refractivity contribution in [3.63, 3.8) is 0 Å². The van der Waals surface area contributed by atoms with Gasteiger partial charge in [0.1, 0.15) is 18.2 Å². The second kappa shape index (κ2) is 9.87. The van der Waals surface area contributed by atoms with Crippen molar-refractivity contribution >= 4 is 22.6 Å². The molecule has 0 unspecified atom stereocenters. The number of nitrogens with zero attached hydrogens (tertiary/aromatic N) is 5. The molecule has 0 atom stereocenters. The van der Waals surface area contributed by atoms with Crippen LogP contribution in [0.1, 0.15) is 21.6 Å². The number of halogens is 1. The van der Waals surface area contributed by atoms with E-state index in [0.29, 0.717) is 46.7 Å². The number of nitriles is 1. The van der Waals surface area contributed by atoms with Crippen LogP contribution in [0.25, 0.3) is 22.2 Å². The van der Waals surface area contributed by atoms with E-state index in [-0.39, 0.29) is 11.3 Å². The summed E-state index contributed by atoms with van der Waals surface area (Å²) in [6.45, 7) is 0.513. The minimum absolute atomic E-state index is 0.0193. The van der Waals surface area contributed by atoms with E-state index in [2.05, 4.69) is 30.6 Å². The van der Waals surface area contributed by atoms with Gasteiger partial charge in [0.2, 0.25) is 0 Å². The van der Waals surface area contributed by atoms with Crippen LogP contribution in [0.4, 0.5) is 10.2 Å². The Kier molecular flexibility index (Phi) is 6.54. The topological polar surface area (TPSA) is 126 Å². The predicted molar refractivity (Wildman–Crippen MR) is 124 cm³/mol. The fourth-order valence-corrected chi connectivity index (χ4v) is 3.58. The molecule has 0 bridgehead atoms. The fraction of sp³-hybridized carbons (Fsp3) is 0.167. The SMILES string of the molecule is CNC(=O)c1c(F)cnc2c(CCNc3cc(-c4cnc(C#N)c(OC)c4)ncn3)cccc12. The lowest BCUT2D eigenvalue weighted by atomic mass is 10.0. The van der Waals surface area contributed by atoms with Crippen LogP contribution >= 0.6 is 0 Å². The third kappa shape index (κ3) is 4.45. The Balaban J connectivity index is 1.53. The maximum absolute atomic E-state index is 14.3. The summed E-state index contributed by atoms with van der Waals surface area (Å²) in [6.07, 6.45) is 4.62. The number of pyridine rings is 2. The number of para-hydroxylation sites is 1. The minimum Gasteiger partial charge on any atom is -0.494 e. The third-order valence-corrected chi connectivity index (χ3v) is 5.23. The predicted octanol–water partition coefficient (Wildman–Crippen LogP) is 3.12. The molecule has 10 heteroatoms. The summed E-state index contributed by atoms with van der Waals surface area (Å²) in [7, 11) is 2.94. The number of benzene rings is 1. The van der Waals surface area contributed by atoms with Crippen LogP contribution in [0, 0.1) is 17.1 Å². The highest BCUT2D eigenvalue weighted by Gasteiger charge is 2.17. The van der Waals surface area contributed by atoms with Crippen molar-refractivity contribution in [1.29, 1.82) is 5.26 Å². The van der Waals surface area contributed by atoms with Crippen LogP contribution in [-0.4, -0.2) is 46.5 Å². The average molecular weight is 457 g/mol. The molecule has 4 aromatic rings. The number of rotatable bonds is 7. The number of carbonyl (C=O) groups is 1. The summed E-state index contributed by atoms with van der Waals surface area (Å²) in [6, 6.07) is 10.8. The van der Waals surface area contributed by atoms with E-state index in [0.717, 1.165) is 11.8 Å². The molecule has 0 radical (unpaired) electrons. The van der Waals surface area contributed by atoms with E-state index >= 15 is 0 Å². The van der Waals surface area contributed by atoms with Crippen LogP contribution in [0.2, 0.25) is 0 Å². The Labute approximate surface area is 194 Å². The lowest BCUT2D eigenvalue weighted by Gasteiger charge is -2.11. The first-order chi connectivity index (χ1) is 16.5. The molecule has 0 aliphatic heterocycles. The van der Waals surface area contributed by atoms with Crippen molar-refractivity contribution in [3.8, 4) is 23.1 Å². The lowest BCUT2D eigenvalue weighted by Crippen LogP contribution is -2.20. The van der Waals surface area contributed by atoms with Crippen molar-refractivity contribution in [2.75, 3.05) is 26.0 Å². The van der Waals surface area contributed by atoms with E-state index in [4.69, 9.17) is 10.00 Å². The van der Waals surface area contributed by atoms with Gasteiger partial charge in [0.15, 0.2) is 17.3 Å². The number of methoxy groups -OCH3 is 1. The zero-order chi connectivity index (χ0) is 24.1. The molecule has 3 heterocycles. The van der Waals surface area contributed by atoms with Gasteiger partial charge in [0, 0.05) is 36.8 Å². The quantitative estimate of drug-likeness (QED) is 0.434. The maximum atomic E-state index is 14.3. The smallest absolute Gasteiger partial charge is 0.254 e. The Bertz CT molecular complexity index is 1420. The highest BCUT2D eigenvalue weighted by atomic mass is 19.1. The molecular weight excluding hydrogens is 437 g/mol. The van der Waals surface area contributed by atoms with Crippen LogP contribution in [-0.2, 0) is 6.42 Å². The molecule has 0 saturated heterocycles. The number of aromatic nitrogens is 4. The molecule has 0 aliphatic carbocycles. The van der Waals surface area contributed by atoms with Crippen molar-refractivity contribution in [3.05, 3.63) is 71.7 Å². The van der Waals surface area contributed by atoms with E-state index in [1.165, 1.54) is 20.5 Å². The standard InChI is InChI=1S/C24H20FN7O2/c1-27-24(33)22-16-5-3-4-14(23(16)30-12-17(22)25)6-7-28-21-9-18(31-13-32-21)15-8-20(34-2)19(10-26)29-11-15/h3-5,8-9,11-13H,6-7H2,1-2H3,(H,27,33)(H,28,31,32). The Morgan fingerprint density at radius 1 is 1.18 bits per heavy atom. The van der Waals surface area contributed by atoms with Gasteiger partial charge >= 0.3 is 0 Å². The van der Waals surface area contributed by atoms with Crippen molar-refractivity contribution < 1.29 is 13.9 Å². The fourth-order valence-electron chi connectivity index (χ4n) is 3.58. The molecule has 170 valence electrons. The number of hydrogen-bond donors (Lipinski definition) is 2. The number of anilines is 1. The van der Waals surface area contributed by atoms with Crippen LogP contribution < -0.4 is 15.4 Å². The van der Waals surface area contributed by atoms with Crippen LogP contribution in [0.5, 0.6) is 5.75 Å². The number of nitrogens with one attached hydrogen (secondary N) is 2. The zero-order valence-electron chi connectivity index (χ0n) is 18.5. The number of fused-ring (bicyclic) bond motifs is 1. The second-order valence-electron chi connectivity index (χ2n) is 7.23. The van der Waals surface area contributed by atoms with Gasteiger partial charge in [-0.3, -0.25) is 9.78 Å². The molecule has 3 aromatic heterocycles. The van der Waals surface area contributed by atoms with Gasteiger partial charge in [-0.2, -0.15) is 5.26 Å². The monoisotopic (exact) mass is 457 g/mol. The van der Waals surface area contributed by atoms with Crippen LogP contribution in [0.15, 0.2) is 49.1 Å². The normalized spacial score (nSPS) is 10.5. The Morgan fingerprint density at radius 2 is 2.03 bits per heavy atom. The molecule has 0 saturated carbocycles. The summed E-state index contributed by atoms with van der Waals surface area (Å²) < 4.78 is 19.5. The largest absolute Gasteiger partial charge is 0.494 e. The van der Waals surface area contributed by atoms with Crippen molar-refractivity contribution in [2.24, 2.45) is 0 Å². The average Bonchev–Trinajstić information content (AvgIpc) is 2.88. The summed E-state index contributed by atoms with van der Waals surface area (Å²) in [5.74, 6) is -0.199. The molecule has 4 rings (SSSR count). The first kappa shape index (κ1) is 22.5. The first-order valence-electron chi connectivity index (χ1n) is 10.3. The molecule has 9 nitrogen and oxygen atoms in total. The molecular formula is C24H20FN7O2. The second-order valence-corrected chi connectivity index (χ2v) is 7.23. The molecule has 0 aliphatic rings. The lowest BCUT2D eigenvalue weighted by molar-refractivity contribution is 0.0960. The summed E-state index contributed by atoms with van der Waals surface area (Å²) >= 11 is 0. The van der Waals surface area contributed by atoms with E-state index in [1.807, 2.05) is 12.1 Å². The zero-order valence-corrected chi connectivity index (χ0v) is 18.5. The van der Waals surface area contributed by atoms with Crippen LogP contribution in [0.3, 0.4) is 0 Å². The number of ether oxygens (including phenoxy) is 1. The minimum atomic E-state index is -0.662. The van der Waals surface area contributed by atoms with Gasteiger partial charge in [-0.05, 0) is 18.1 Å². The Morgan fingerprint density at radius 3 is 2.79 bits per heavy atom. The van der Waals surface area contributed by atoms with Gasteiger partial charge in [-0.15, -0.1) is 0 Å². The molecule has 0 fully saturated rings. The number of amides is 1. The maximum Gasteiger partial charge on any atom is 0.254 e. The van der Waals surface area contributed by atoms with Gasteiger partial charge < -0.3 is 15.4 Å². The molecule has 1 aromatic carbocycles. The summed E-state index contributed by atoms with van der Waals surface area (Å²) in [4.78, 5) is 29.0. The van der Waals surface area contributed by atoms with Gasteiger partial charge in [-0.25, -0.2) is 19.3 Å². The van der Waals surface area contributed by atoms with Crippen molar-refractivity contribution in [2.45, 2.75) is 6.42 Å². The van der Waals surface area contributed by atoms with Gasteiger partial charge in [-0.1, -0.05) is 18.2 Å². The summed E-state index contributed by atoms with van der Waals surface area (Å²) in [5.41, 5.74) is 2.92. The highest BCUT2D eigenvalue weighted by molar-refractivity contribution is 6.06. The van der Waals surface area contributed by atoms with E-state index < -0.39 is 11.7 Å². The number of carbonyl (C=O) groups excluding carboxylic acids is 1. The van der Waals surface area contributed by atoms with E-state index in [1.54, 1.807) is 30.5 Å². The molecule has 2 N–H and O–H groups in total. The van der Waals surface area contributed by atoms with Gasteiger partial charge in [0.05, 0.1) is 30.1 Å². The highest BCUT2D eigenvalue weighted by Crippen LogP contribution is 2.25.